The van der Waals surface area contributed by atoms with Crippen molar-refractivity contribution in [1.82, 2.24) is 4.98 Å². The molecule has 0 spiro atoms. The molecule has 2 heterocycles. The number of pyridine rings is 1. The number of nitrogens with two attached hydrogens (primary N) is 1. The Labute approximate surface area is 252 Å². The van der Waals surface area contributed by atoms with Crippen LogP contribution in [0.4, 0.5) is 22.0 Å². The lowest BCUT2D eigenvalue weighted by atomic mass is 9.76. The number of rotatable bonds is 11. The van der Waals surface area contributed by atoms with Crippen LogP contribution in [0.2, 0.25) is 0 Å². The zero-order valence-electron chi connectivity index (χ0n) is 25.0. The number of carbonyl (C=O) groups is 1. The summed E-state index contributed by atoms with van der Waals surface area (Å²) in [5.41, 5.74) is 4.53. The quantitative estimate of drug-likeness (QED) is 0.240. The molecule has 5 atom stereocenters. The second kappa shape index (κ2) is 13.1. The average Bonchev–Trinajstić information content (AvgIpc) is 3.24. The molecule has 7 nitrogen and oxygen atoms in total. The maximum Gasteiger partial charge on any atom is 0.417 e. The first kappa shape index (κ1) is 33.1. The summed E-state index contributed by atoms with van der Waals surface area (Å²) in [6.07, 6.45) is -6.15. The summed E-state index contributed by atoms with van der Waals surface area (Å²) in [5.74, 6) is -6.09. The van der Waals surface area contributed by atoms with E-state index in [0.717, 1.165) is 25.7 Å². The lowest BCUT2D eigenvalue weighted by Gasteiger charge is -2.32. The number of nitrogens with zero attached hydrogens (tertiary/aromatic N) is 1. The van der Waals surface area contributed by atoms with E-state index < -0.39 is 53.0 Å². The number of hydrogen-bond donors (Lipinski definition) is 1. The molecule has 0 saturated carbocycles. The van der Waals surface area contributed by atoms with Crippen LogP contribution in [0.15, 0.2) is 48.5 Å². The molecule has 2 N–H and O–H groups in total. The molecule has 4 rings (SSSR count). The van der Waals surface area contributed by atoms with Gasteiger partial charge in [-0.1, -0.05) is 50.2 Å². The molecular formula is C32H35F5N2O5. The van der Waals surface area contributed by atoms with Crippen LogP contribution in [0.3, 0.4) is 0 Å². The standard InChI is InChI=1S/C32H35F5N2O5/c1-17(14-42-16-25(38)40)26-19(3)39-23(13-24(26)43-15-20-9-7-6-8-10-20)30-27(18(2)31(4,44-30)32(35,36)37)21-11-12-22(33)28(34)29(21)41-5/h6-13,17-18,27,30H,14-16H2,1-5H3,(H2,38,40)/t17?,18-,27-,30-,31+/m0/s1. The van der Waals surface area contributed by atoms with Gasteiger partial charge in [-0.3, -0.25) is 9.78 Å². The molecule has 1 amide bonds. The molecule has 44 heavy (non-hydrogen) atoms. The van der Waals surface area contributed by atoms with Gasteiger partial charge >= 0.3 is 6.18 Å². The van der Waals surface area contributed by atoms with E-state index >= 15 is 0 Å². The number of hydrogen-bond acceptors (Lipinski definition) is 6. The van der Waals surface area contributed by atoms with E-state index in [9.17, 15) is 26.7 Å². The van der Waals surface area contributed by atoms with Crippen molar-refractivity contribution < 1.29 is 45.7 Å². The van der Waals surface area contributed by atoms with Crippen molar-refractivity contribution in [2.75, 3.05) is 20.3 Å². The van der Waals surface area contributed by atoms with Crippen LogP contribution in [-0.4, -0.2) is 43.0 Å². The predicted molar refractivity (Wildman–Crippen MR) is 151 cm³/mol. The monoisotopic (exact) mass is 622 g/mol. The van der Waals surface area contributed by atoms with Crippen LogP contribution in [0.25, 0.3) is 0 Å². The first-order chi connectivity index (χ1) is 20.7. The van der Waals surface area contributed by atoms with E-state index in [-0.39, 0.29) is 37.0 Å². The summed E-state index contributed by atoms with van der Waals surface area (Å²) in [6.45, 7) is 5.71. The van der Waals surface area contributed by atoms with Gasteiger partial charge in [0.2, 0.25) is 11.7 Å². The molecule has 1 aliphatic heterocycles. The van der Waals surface area contributed by atoms with Gasteiger partial charge in [-0.15, -0.1) is 0 Å². The number of aromatic nitrogens is 1. The van der Waals surface area contributed by atoms with Gasteiger partial charge in [0, 0.05) is 40.6 Å². The Kier molecular flexibility index (Phi) is 9.84. The molecule has 1 unspecified atom stereocenters. The van der Waals surface area contributed by atoms with Crippen LogP contribution in [0.5, 0.6) is 11.5 Å². The normalized spacial score (nSPS) is 22.5. The summed E-state index contributed by atoms with van der Waals surface area (Å²) in [5, 5.41) is 0. The highest BCUT2D eigenvalue weighted by Crippen LogP contribution is 2.59. The number of amides is 1. The van der Waals surface area contributed by atoms with Crippen molar-refractivity contribution >= 4 is 5.91 Å². The number of halogens is 5. The van der Waals surface area contributed by atoms with E-state index in [0.29, 0.717) is 17.0 Å². The molecule has 238 valence electrons. The zero-order valence-corrected chi connectivity index (χ0v) is 25.0. The van der Waals surface area contributed by atoms with Crippen molar-refractivity contribution in [2.24, 2.45) is 11.7 Å². The lowest BCUT2D eigenvalue weighted by Crippen LogP contribution is -2.46. The maximum atomic E-state index is 14.8. The van der Waals surface area contributed by atoms with Crippen molar-refractivity contribution in [3.8, 4) is 11.5 Å². The van der Waals surface area contributed by atoms with Gasteiger partial charge < -0.3 is 24.7 Å². The Morgan fingerprint density at radius 2 is 1.84 bits per heavy atom. The van der Waals surface area contributed by atoms with Crippen molar-refractivity contribution in [3.63, 3.8) is 0 Å². The molecule has 1 aliphatic rings. The Bertz CT molecular complexity index is 1490. The van der Waals surface area contributed by atoms with E-state index in [2.05, 4.69) is 4.98 Å². The number of ether oxygens (including phenoxy) is 4. The zero-order chi connectivity index (χ0) is 32.4. The third-order valence-electron chi connectivity index (χ3n) is 8.18. The highest BCUT2D eigenvalue weighted by molar-refractivity contribution is 5.75. The summed E-state index contributed by atoms with van der Waals surface area (Å²) in [4.78, 5) is 15.9. The van der Waals surface area contributed by atoms with Crippen LogP contribution in [-0.2, 0) is 20.9 Å². The fourth-order valence-electron chi connectivity index (χ4n) is 5.76. The summed E-state index contributed by atoms with van der Waals surface area (Å²) < 4.78 is 95.2. The van der Waals surface area contributed by atoms with Crippen molar-refractivity contribution in [3.05, 3.63) is 88.2 Å². The van der Waals surface area contributed by atoms with E-state index in [4.69, 9.17) is 24.7 Å². The third kappa shape index (κ3) is 6.51. The summed E-state index contributed by atoms with van der Waals surface area (Å²) in [6, 6.07) is 12.8. The average molecular weight is 623 g/mol. The Morgan fingerprint density at radius 3 is 2.45 bits per heavy atom. The fraction of sp³-hybridized carbons (Fsp3) is 0.438. The molecule has 0 bridgehead atoms. The number of aryl methyl sites for hydroxylation is 1. The molecule has 2 aromatic carbocycles. The predicted octanol–water partition coefficient (Wildman–Crippen LogP) is 6.67. The fourth-order valence-corrected chi connectivity index (χ4v) is 5.76. The molecule has 1 saturated heterocycles. The van der Waals surface area contributed by atoms with Crippen LogP contribution in [0.1, 0.15) is 66.8 Å². The van der Waals surface area contributed by atoms with Crippen LogP contribution in [0, 0.1) is 24.5 Å². The Balaban J connectivity index is 1.85. The Morgan fingerprint density at radius 1 is 1.16 bits per heavy atom. The number of carbonyl (C=O) groups excluding carboxylic acids is 1. The Hall–Kier alpha value is -3.77. The number of primary amides is 1. The van der Waals surface area contributed by atoms with Crippen LogP contribution < -0.4 is 15.2 Å². The molecule has 1 fully saturated rings. The van der Waals surface area contributed by atoms with Crippen LogP contribution >= 0.6 is 0 Å². The van der Waals surface area contributed by atoms with Crippen molar-refractivity contribution in [1.29, 1.82) is 0 Å². The van der Waals surface area contributed by atoms with Gasteiger partial charge in [0.1, 0.15) is 25.1 Å². The second-order valence-corrected chi connectivity index (χ2v) is 11.1. The first-order valence-corrected chi connectivity index (χ1v) is 14.0. The highest BCUT2D eigenvalue weighted by Gasteiger charge is 2.65. The first-order valence-electron chi connectivity index (χ1n) is 14.0. The van der Waals surface area contributed by atoms with Gasteiger partial charge in [-0.05, 0) is 25.5 Å². The van der Waals surface area contributed by atoms with Crippen molar-refractivity contribution in [2.45, 2.75) is 64.0 Å². The minimum absolute atomic E-state index is 0.0142. The molecule has 0 radical (unpaired) electrons. The molecule has 1 aromatic heterocycles. The van der Waals surface area contributed by atoms with E-state index in [1.165, 1.54) is 19.1 Å². The van der Waals surface area contributed by atoms with E-state index in [1.807, 2.05) is 37.3 Å². The largest absolute Gasteiger partial charge is 0.493 e. The number of benzene rings is 2. The SMILES string of the molecule is COc1c([C@H]2[C@H](c3cc(OCc4ccccc4)c(C(C)COCC(N)=O)c(C)n3)O[C@@](C)(C(F)(F)F)[C@H]2C)ccc(F)c1F. The van der Waals surface area contributed by atoms with Gasteiger partial charge in [-0.25, -0.2) is 4.39 Å². The molecule has 12 heteroatoms. The number of alkyl halides is 3. The topological polar surface area (TPSA) is 92.9 Å². The lowest BCUT2D eigenvalue weighted by molar-refractivity contribution is -0.275. The maximum absolute atomic E-state index is 14.8. The summed E-state index contributed by atoms with van der Waals surface area (Å²) in [7, 11) is 1.12. The van der Waals surface area contributed by atoms with E-state index in [1.54, 1.807) is 6.92 Å². The third-order valence-corrected chi connectivity index (χ3v) is 8.18. The van der Waals surface area contributed by atoms with Gasteiger partial charge in [-0.2, -0.15) is 17.6 Å². The summed E-state index contributed by atoms with van der Waals surface area (Å²) >= 11 is 0. The highest BCUT2D eigenvalue weighted by atomic mass is 19.4. The minimum atomic E-state index is -4.81. The van der Waals surface area contributed by atoms with Gasteiger partial charge in [0.25, 0.3) is 0 Å². The smallest absolute Gasteiger partial charge is 0.417 e. The molecular weight excluding hydrogens is 587 g/mol. The molecule has 3 aromatic rings. The molecule has 0 aliphatic carbocycles. The minimum Gasteiger partial charge on any atom is -0.493 e. The van der Waals surface area contributed by atoms with Gasteiger partial charge in [0.05, 0.1) is 19.4 Å². The van der Waals surface area contributed by atoms with Gasteiger partial charge in [0.15, 0.2) is 17.2 Å². The number of methoxy groups -OCH3 is 1. The second-order valence-electron chi connectivity index (χ2n) is 11.1.